The van der Waals surface area contributed by atoms with Crippen LogP contribution in [0, 0.1) is 10.1 Å². The number of aromatic nitrogens is 1. The van der Waals surface area contributed by atoms with E-state index in [0.717, 1.165) is 12.2 Å². The average molecular weight is 223 g/mol. The van der Waals surface area contributed by atoms with Crippen LogP contribution >= 0.6 is 0 Å². The van der Waals surface area contributed by atoms with Crippen LogP contribution in [0.25, 0.3) is 0 Å². The summed E-state index contributed by atoms with van der Waals surface area (Å²) >= 11 is 0. The third kappa shape index (κ3) is 3.00. The molecule has 16 heavy (non-hydrogen) atoms. The number of nitrogens with one attached hydrogen (secondary N) is 1. The van der Waals surface area contributed by atoms with Gasteiger partial charge in [0.05, 0.1) is 10.6 Å². The molecule has 0 aliphatic rings. The van der Waals surface area contributed by atoms with E-state index in [1.165, 1.54) is 12.3 Å². The van der Waals surface area contributed by atoms with Gasteiger partial charge in [-0.1, -0.05) is 13.8 Å². The molecule has 1 rings (SSSR count). The van der Waals surface area contributed by atoms with E-state index in [0.29, 0.717) is 0 Å². The summed E-state index contributed by atoms with van der Waals surface area (Å²) < 4.78 is 0. The Balaban J connectivity index is 2.86. The molecule has 0 saturated carbocycles. The highest BCUT2D eigenvalue weighted by atomic mass is 16.6. The lowest BCUT2D eigenvalue weighted by atomic mass is 9.99. The van der Waals surface area contributed by atoms with Crippen LogP contribution in [0.15, 0.2) is 18.3 Å². The molecule has 0 aliphatic heterocycles. The molecule has 1 heterocycles. The van der Waals surface area contributed by atoms with Gasteiger partial charge in [0.2, 0.25) is 0 Å². The summed E-state index contributed by atoms with van der Waals surface area (Å²) in [5, 5.41) is 13.9. The Morgan fingerprint density at radius 2 is 2.25 bits per heavy atom. The highest BCUT2D eigenvalue weighted by Gasteiger charge is 2.17. The van der Waals surface area contributed by atoms with Gasteiger partial charge < -0.3 is 5.32 Å². The summed E-state index contributed by atoms with van der Waals surface area (Å²) in [5.74, 6) is 0.153. The normalized spacial score (nSPS) is 14.4. The fraction of sp³-hybridized carbons (Fsp3) is 0.545. The van der Waals surface area contributed by atoms with Crippen LogP contribution in [0.2, 0.25) is 0 Å². The Kier molecular flexibility index (Phi) is 4.37. The first-order chi connectivity index (χ1) is 7.56. The zero-order valence-corrected chi connectivity index (χ0v) is 9.80. The van der Waals surface area contributed by atoms with Crippen molar-refractivity contribution in [2.24, 2.45) is 0 Å². The van der Waals surface area contributed by atoms with E-state index in [2.05, 4.69) is 17.2 Å². The van der Waals surface area contributed by atoms with Crippen LogP contribution in [0.3, 0.4) is 0 Å². The van der Waals surface area contributed by atoms with Gasteiger partial charge in [-0.15, -0.1) is 0 Å². The topological polar surface area (TPSA) is 68.1 Å². The molecule has 0 fully saturated rings. The first-order valence-corrected chi connectivity index (χ1v) is 5.40. The van der Waals surface area contributed by atoms with Crippen molar-refractivity contribution in [3.63, 3.8) is 0 Å². The number of rotatable bonds is 5. The van der Waals surface area contributed by atoms with Crippen molar-refractivity contribution in [2.45, 2.75) is 32.7 Å². The predicted molar refractivity (Wildman–Crippen MR) is 62.4 cm³/mol. The largest absolute Gasteiger partial charge is 0.314 e. The van der Waals surface area contributed by atoms with Gasteiger partial charge in [0, 0.05) is 30.3 Å². The zero-order chi connectivity index (χ0) is 12.1. The highest BCUT2D eigenvalue weighted by molar-refractivity contribution is 5.31. The van der Waals surface area contributed by atoms with Gasteiger partial charge in [-0.05, 0) is 13.5 Å². The van der Waals surface area contributed by atoms with Crippen LogP contribution < -0.4 is 5.32 Å². The Hall–Kier alpha value is -1.49. The summed E-state index contributed by atoms with van der Waals surface area (Å²) in [6.45, 7) is 6.97. The fourth-order valence-electron chi connectivity index (χ4n) is 1.55. The van der Waals surface area contributed by atoms with Crippen molar-refractivity contribution in [1.29, 1.82) is 0 Å². The molecule has 2 unspecified atom stereocenters. The first-order valence-electron chi connectivity index (χ1n) is 5.40. The SMILES string of the molecule is CCNC(C)C(C)c1cc([N+](=O)[O-])ccn1. The Morgan fingerprint density at radius 1 is 1.56 bits per heavy atom. The quantitative estimate of drug-likeness (QED) is 0.613. The monoisotopic (exact) mass is 223 g/mol. The zero-order valence-electron chi connectivity index (χ0n) is 9.80. The molecule has 0 radical (unpaired) electrons. The van der Waals surface area contributed by atoms with Crippen molar-refractivity contribution in [3.05, 3.63) is 34.1 Å². The molecule has 5 heteroatoms. The number of pyridine rings is 1. The van der Waals surface area contributed by atoms with Crippen LogP contribution in [0.4, 0.5) is 5.69 Å². The third-order valence-corrected chi connectivity index (χ3v) is 2.72. The number of nitro groups is 1. The Labute approximate surface area is 95.0 Å². The van der Waals surface area contributed by atoms with Gasteiger partial charge >= 0.3 is 0 Å². The molecular formula is C11H17N3O2. The van der Waals surface area contributed by atoms with Crippen molar-refractivity contribution in [1.82, 2.24) is 10.3 Å². The molecule has 0 spiro atoms. The molecule has 0 bridgehead atoms. The minimum Gasteiger partial charge on any atom is -0.314 e. The van der Waals surface area contributed by atoms with Crippen LogP contribution in [-0.2, 0) is 0 Å². The van der Waals surface area contributed by atoms with E-state index in [9.17, 15) is 10.1 Å². The van der Waals surface area contributed by atoms with Gasteiger partial charge in [-0.3, -0.25) is 15.1 Å². The standard InChI is InChI=1S/C11H17N3O2/c1-4-12-9(3)8(2)11-7-10(14(15)16)5-6-13-11/h5-9,12H,4H2,1-3H3. The molecule has 1 N–H and O–H groups in total. The summed E-state index contributed by atoms with van der Waals surface area (Å²) in [7, 11) is 0. The summed E-state index contributed by atoms with van der Waals surface area (Å²) in [5.41, 5.74) is 0.850. The molecule has 1 aromatic heterocycles. The number of hydrogen-bond donors (Lipinski definition) is 1. The number of likely N-dealkylation sites (N-methyl/N-ethyl adjacent to an activating group) is 1. The van der Waals surface area contributed by atoms with Crippen LogP contribution in [-0.4, -0.2) is 22.5 Å². The molecule has 2 atom stereocenters. The Bertz CT molecular complexity index is 368. The van der Waals surface area contributed by atoms with Crippen molar-refractivity contribution in [3.8, 4) is 0 Å². The average Bonchev–Trinajstić information content (AvgIpc) is 2.28. The lowest BCUT2D eigenvalue weighted by molar-refractivity contribution is -0.385. The molecule has 0 saturated heterocycles. The van der Waals surface area contributed by atoms with Gasteiger partial charge in [0.15, 0.2) is 0 Å². The second-order valence-corrected chi connectivity index (χ2v) is 3.83. The lowest BCUT2D eigenvalue weighted by Crippen LogP contribution is -2.31. The fourth-order valence-corrected chi connectivity index (χ4v) is 1.55. The molecular weight excluding hydrogens is 206 g/mol. The predicted octanol–water partition coefficient (Wildman–Crippen LogP) is 2.09. The maximum absolute atomic E-state index is 10.6. The first kappa shape index (κ1) is 12.6. The second-order valence-electron chi connectivity index (χ2n) is 3.83. The van der Waals surface area contributed by atoms with E-state index in [-0.39, 0.29) is 17.6 Å². The van der Waals surface area contributed by atoms with E-state index in [1.54, 1.807) is 6.07 Å². The van der Waals surface area contributed by atoms with Gasteiger partial charge in [-0.2, -0.15) is 0 Å². The van der Waals surface area contributed by atoms with Crippen molar-refractivity contribution >= 4 is 5.69 Å². The summed E-state index contributed by atoms with van der Waals surface area (Å²) in [6.07, 6.45) is 1.49. The van der Waals surface area contributed by atoms with Crippen LogP contribution in [0.1, 0.15) is 32.4 Å². The smallest absolute Gasteiger partial charge is 0.272 e. The maximum Gasteiger partial charge on any atom is 0.272 e. The van der Waals surface area contributed by atoms with Gasteiger partial charge in [0.1, 0.15) is 0 Å². The Morgan fingerprint density at radius 3 is 2.81 bits per heavy atom. The minimum absolute atomic E-state index is 0.0977. The third-order valence-electron chi connectivity index (χ3n) is 2.72. The van der Waals surface area contributed by atoms with Crippen LogP contribution in [0.5, 0.6) is 0 Å². The number of nitrogens with zero attached hydrogens (tertiary/aromatic N) is 2. The van der Waals surface area contributed by atoms with E-state index in [1.807, 2.05) is 13.8 Å². The molecule has 0 aliphatic carbocycles. The minimum atomic E-state index is -0.393. The second kappa shape index (κ2) is 5.55. The highest BCUT2D eigenvalue weighted by Crippen LogP contribution is 2.20. The molecule has 5 nitrogen and oxygen atoms in total. The molecule has 0 amide bonds. The molecule has 0 aromatic carbocycles. The number of hydrogen-bond acceptors (Lipinski definition) is 4. The van der Waals surface area contributed by atoms with Crippen molar-refractivity contribution in [2.75, 3.05) is 6.54 Å². The van der Waals surface area contributed by atoms with E-state index >= 15 is 0 Å². The van der Waals surface area contributed by atoms with E-state index < -0.39 is 4.92 Å². The lowest BCUT2D eigenvalue weighted by Gasteiger charge is -2.19. The van der Waals surface area contributed by atoms with Crippen molar-refractivity contribution < 1.29 is 4.92 Å². The molecule has 1 aromatic rings. The van der Waals surface area contributed by atoms with Gasteiger partial charge in [0.25, 0.3) is 5.69 Å². The van der Waals surface area contributed by atoms with Gasteiger partial charge in [-0.25, -0.2) is 0 Å². The summed E-state index contributed by atoms with van der Waals surface area (Å²) in [4.78, 5) is 14.4. The maximum atomic E-state index is 10.6. The van der Waals surface area contributed by atoms with E-state index in [4.69, 9.17) is 0 Å². The molecule has 88 valence electrons. The summed E-state index contributed by atoms with van der Waals surface area (Å²) in [6, 6.07) is 3.20.